The topological polar surface area (TPSA) is 193 Å². The van der Waals surface area contributed by atoms with Crippen LogP contribution >= 0.6 is 11.8 Å². The molecule has 16 nitrogen and oxygen atoms in total. The standard InChI is InChI=1S/C50H47N5O11S/c1-23-15-27-16-32-33(19-51)55-34-20-63-49(60)50(30-18-36(61-5)35(57)17-26(30)12-14-54(50)48(59)29-9-7-11-31-28(29)10-8-13-52-31)21-67-47(41(55)40(53(32)4)37(27)42(58)43(23)62-6)39-38(34)46-45(64-22-65-46)24(2)44(39)66-25(3)56/h7-11,13,15,17-18,32-34,40-41,47,57-58H,12,14,16,20-22H2,1-6H3/t32-,33-,34-,40+,41+,47+,50+/m0/s1. The number of rotatable bonds is 4. The van der Waals surface area contributed by atoms with E-state index in [1.54, 1.807) is 48.4 Å². The maximum atomic E-state index is 15.8. The predicted octanol–water partition coefficient (Wildman–Crippen LogP) is 6.09. The van der Waals surface area contributed by atoms with E-state index < -0.39 is 52.8 Å². The SMILES string of the molecule is COc1cc2c(cc1O)CCN(C(=O)c1cccc3ncccc13)[C@]21CS[C@@H]2c3c(OC(C)=O)c(C)c4c(c3[C@H](COC1=O)N1[C@@H]2[C@H]2c3c(cc(C)c(OC)c3O)C[C@@H]([C@@H]1C#N)N2C)OCO4. The zero-order chi connectivity index (χ0) is 46.8. The second-order valence-electron chi connectivity index (χ2n) is 18.0. The van der Waals surface area contributed by atoms with Crippen molar-refractivity contribution in [1.82, 2.24) is 19.7 Å². The number of fused-ring (bicyclic) bond motifs is 10. The van der Waals surface area contributed by atoms with Crippen molar-refractivity contribution in [3.8, 4) is 46.3 Å². The van der Waals surface area contributed by atoms with Gasteiger partial charge in [-0.2, -0.15) is 5.26 Å². The summed E-state index contributed by atoms with van der Waals surface area (Å²) in [6.45, 7) is 4.63. The van der Waals surface area contributed by atoms with Gasteiger partial charge in [0.25, 0.3) is 5.91 Å². The number of carbonyl (C=O) groups excluding carboxylic acids is 3. The van der Waals surface area contributed by atoms with Crippen LogP contribution in [0.1, 0.15) is 79.1 Å². The summed E-state index contributed by atoms with van der Waals surface area (Å²) in [6.07, 6.45) is 2.38. The fraction of sp³-hybridized carbons (Fsp3) is 0.380. The number of hydrogen-bond acceptors (Lipinski definition) is 16. The summed E-state index contributed by atoms with van der Waals surface area (Å²) in [5, 5.41) is 34.7. The largest absolute Gasteiger partial charge is 0.504 e. The van der Waals surface area contributed by atoms with Gasteiger partial charge in [-0.1, -0.05) is 18.2 Å². The van der Waals surface area contributed by atoms with Crippen LogP contribution in [0.3, 0.4) is 0 Å². The minimum atomic E-state index is -1.85. The second-order valence-corrected chi connectivity index (χ2v) is 19.1. The number of hydrogen-bond donors (Lipinski definition) is 2. The van der Waals surface area contributed by atoms with Crippen LogP contribution in [0, 0.1) is 25.2 Å². The van der Waals surface area contributed by atoms with E-state index in [0.717, 1.165) is 11.1 Å². The van der Waals surface area contributed by atoms with Crippen molar-refractivity contribution in [2.24, 2.45) is 0 Å². The highest BCUT2D eigenvalue weighted by Crippen LogP contribution is 2.65. The highest BCUT2D eigenvalue weighted by atomic mass is 32.2. The van der Waals surface area contributed by atoms with Gasteiger partial charge >= 0.3 is 11.9 Å². The number of likely N-dealkylation sites (N-methyl/N-ethyl adjacent to an activating group) is 1. The van der Waals surface area contributed by atoms with Gasteiger partial charge in [0.15, 0.2) is 40.0 Å². The summed E-state index contributed by atoms with van der Waals surface area (Å²) in [4.78, 5) is 54.9. The third-order valence-electron chi connectivity index (χ3n) is 14.8. The third-order valence-corrected chi connectivity index (χ3v) is 16.2. The number of carbonyl (C=O) groups is 3. The van der Waals surface area contributed by atoms with Crippen molar-refractivity contribution in [3.63, 3.8) is 0 Å². The first-order valence-electron chi connectivity index (χ1n) is 22.1. The van der Waals surface area contributed by atoms with E-state index >= 15 is 9.59 Å². The molecule has 0 radical (unpaired) electrons. The van der Waals surface area contributed by atoms with Crippen molar-refractivity contribution in [2.75, 3.05) is 47.0 Å². The molecule has 1 aromatic heterocycles. The molecule has 1 spiro atoms. The average Bonchev–Trinajstić information content (AvgIpc) is 3.81. The molecule has 4 bridgehead atoms. The Morgan fingerprint density at radius 2 is 1.79 bits per heavy atom. The first kappa shape index (κ1) is 42.9. The molecule has 4 aromatic carbocycles. The predicted molar refractivity (Wildman–Crippen MR) is 243 cm³/mol. The quantitative estimate of drug-likeness (QED) is 0.155. The summed E-state index contributed by atoms with van der Waals surface area (Å²) < 4.78 is 36.8. The van der Waals surface area contributed by atoms with Crippen LogP contribution < -0.4 is 23.7 Å². The Balaban J connectivity index is 1.20. The van der Waals surface area contributed by atoms with Crippen molar-refractivity contribution in [2.45, 2.75) is 74.6 Å². The van der Waals surface area contributed by atoms with Crippen LogP contribution in [-0.2, 0) is 32.7 Å². The molecule has 7 atom stereocenters. The molecule has 0 saturated carbocycles. The Morgan fingerprint density at radius 1 is 0.985 bits per heavy atom. The van der Waals surface area contributed by atoms with E-state index in [1.807, 2.05) is 32.2 Å². The molecule has 344 valence electrons. The van der Waals surface area contributed by atoms with Crippen LogP contribution in [-0.4, -0.2) is 113 Å². The first-order chi connectivity index (χ1) is 32.3. The Morgan fingerprint density at radius 3 is 2.55 bits per heavy atom. The third kappa shape index (κ3) is 5.98. The molecular formula is C50H47N5O11S. The number of benzene rings is 4. The van der Waals surface area contributed by atoms with E-state index in [-0.39, 0.29) is 54.7 Å². The molecule has 17 heteroatoms. The number of phenolic OH excluding ortho intramolecular Hbond substituents is 2. The number of aromatic nitrogens is 1. The van der Waals surface area contributed by atoms with Gasteiger partial charge in [0.05, 0.1) is 43.1 Å². The number of esters is 2. The maximum Gasteiger partial charge on any atom is 0.337 e. The molecule has 7 aliphatic rings. The van der Waals surface area contributed by atoms with E-state index in [4.69, 9.17) is 28.4 Å². The molecule has 7 aliphatic heterocycles. The van der Waals surface area contributed by atoms with Crippen LogP contribution in [0.4, 0.5) is 0 Å². The van der Waals surface area contributed by atoms with Gasteiger partial charge in [0.2, 0.25) is 6.79 Å². The van der Waals surface area contributed by atoms with Crippen molar-refractivity contribution >= 4 is 40.5 Å². The van der Waals surface area contributed by atoms with E-state index in [1.165, 1.54) is 32.9 Å². The molecule has 2 N–H and O–H groups in total. The number of nitrogens with zero attached hydrogens (tertiary/aromatic N) is 5. The lowest BCUT2D eigenvalue weighted by Crippen LogP contribution is -2.69. The number of piperazine rings is 1. The number of nitriles is 1. The number of aromatic hydroxyl groups is 2. The van der Waals surface area contributed by atoms with Gasteiger partial charge in [-0.3, -0.25) is 24.4 Å². The van der Waals surface area contributed by atoms with E-state index in [0.29, 0.717) is 79.9 Å². The number of amides is 1. The minimum Gasteiger partial charge on any atom is -0.504 e. The van der Waals surface area contributed by atoms with Gasteiger partial charge < -0.3 is 43.5 Å². The molecular weight excluding hydrogens is 879 g/mol. The number of phenols is 2. The van der Waals surface area contributed by atoms with Gasteiger partial charge in [-0.25, -0.2) is 4.79 Å². The summed E-state index contributed by atoms with van der Waals surface area (Å²) >= 11 is 1.36. The highest BCUT2D eigenvalue weighted by molar-refractivity contribution is 7.99. The molecule has 67 heavy (non-hydrogen) atoms. The maximum absolute atomic E-state index is 15.8. The van der Waals surface area contributed by atoms with Crippen molar-refractivity contribution in [3.05, 3.63) is 105 Å². The number of aryl methyl sites for hydroxylation is 1. The molecule has 2 fully saturated rings. The second kappa shape index (κ2) is 15.7. The van der Waals surface area contributed by atoms with E-state index in [2.05, 4.69) is 20.9 Å². The monoisotopic (exact) mass is 925 g/mol. The molecule has 1 amide bonds. The van der Waals surface area contributed by atoms with Crippen molar-refractivity contribution < 1.29 is 53.0 Å². The van der Waals surface area contributed by atoms with Crippen LogP contribution in [0.25, 0.3) is 10.9 Å². The van der Waals surface area contributed by atoms with Crippen LogP contribution in [0.5, 0.6) is 40.2 Å². The first-order valence-corrected chi connectivity index (χ1v) is 23.2. The Hall–Kier alpha value is -6.74. The lowest BCUT2D eigenvalue weighted by Gasteiger charge is -2.62. The normalized spacial score (nSPS) is 25.9. The Bertz CT molecular complexity index is 3020. The van der Waals surface area contributed by atoms with Crippen LogP contribution in [0.2, 0.25) is 0 Å². The Kier molecular flexibility index (Phi) is 10.0. The molecule has 0 unspecified atom stereocenters. The van der Waals surface area contributed by atoms with Gasteiger partial charge in [0.1, 0.15) is 18.4 Å². The zero-order valence-electron chi connectivity index (χ0n) is 37.6. The zero-order valence-corrected chi connectivity index (χ0v) is 38.4. The number of ether oxygens (including phenoxy) is 6. The van der Waals surface area contributed by atoms with Crippen molar-refractivity contribution in [1.29, 1.82) is 5.26 Å². The van der Waals surface area contributed by atoms with Crippen LogP contribution in [0.15, 0.2) is 54.7 Å². The fourth-order valence-corrected chi connectivity index (χ4v) is 13.7. The summed E-state index contributed by atoms with van der Waals surface area (Å²) in [5.41, 5.74) is 4.08. The Labute approximate surface area is 389 Å². The summed E-state index contributed by atoms with van der Waals surface area (Å²) in [7, 11) is 4.89. The average molecular weight is 926 g/mol. The molecule has 12 rings (SSSR count). The molecule has 2 saturated heterocycles. The molecule has 5 aromatic rings. The fourth-order valence-electron chi connectivity index (χ4n) is 12.0. The van der Waals surface area contributed by atoms with Gasteiger partial charge in [-0.15, -0.1) is 11.8 Å². The number of thioether (sulfide) groups is 1. The molecule has 0 aliphatic carbocycles. The number of pyridine rings is 1. The lowest BCUT2D eigenvalue weighted by atomic mass is 9.71. The lowest BCUT2D eigenvalue weighted by molar-refractivity contribution is -0.162. The summed E-state index contributed by atoms with van der Waals surface area (Å²) in [5.74, 6) is -0.533. The van der Waals surface area contributed by atoms with Gasteiger partial charge in [-0.05, 0) is 86.3 Å². The minimum absolute atomic E-state index is 0.0132. The van der Waals surface area contributed by atoms with Gasteiger partial charge in [0, 0.05) is 70.7 Å². The highest BCUT2D eigenvalue weighted by Gasteiger charge is 2.63. The summed E-state index contributed by atoms with van der Waals surface area (Å²) in [6, 6.07) is 13.4. The number of methoxy groups -OCH3 is 2. The molecule has 8 heterocycles. The van der Waals surface area contributed by atoms with E-state index in [9.17, 15) is 20.3 Å². The smallest absolute Gasteiger partial charge is 0.337 e.